The molecule has 0 saturated carbocycles. The van der Waals surface area contributed by atoms with Gasteiger partial charge in [0.15, 0.2) is 0 Å². The Hall–Kier alpha value is -3.29. The molecule has 0 amide bonds. The molecule has 1 aliphatic heterocycles. The summed E-state index contributed by atoms with van der Waals surface area (Å²) < 4.78 is 87.7. The van der Waals surface area contributed by atoms with Gasteiger partial charge in [-0.1, -0.05) is 12.1 Å². The van der Waals surface area contributed by atoms with Crippen LogP contribution in [0.1, 0.15) is 32.4 Å². The lowest BCUT2D eigenvalue weighted by Gasteiger charge is -2.37. The number of methoxy groups -OCH3 is 3. The minimum absolute atomic E-state index is 0.0306. The molecule has 0 aliphatic carbocycles. The lowest BCUT2D eigenvalue weighted by Crippen LogP contribution is -2.41. The Kier molecular flexibility index (Phi) is 7.40. The molecular weight excluding hydrogens is 535 g/mol. The van der Waals surface area contributed by atoms with Crippen molar-refractivity contribution in [2.24, 2.45) is 0 Å². The number of rotatable bonds is 7. The van der Waals surface area contributed by atoms with E-state index in [0.29, 0.717) is 22.6 Å². The van der Waals surface area contributed by atoms with Crippen LogP contribution in [-0.2, 0) is 21.2 Å². The van der Waals surface area contributed by atoms with E-state index in [-0.39, 0.29) is 28.3 Å². The second kappa shape index (κ2) is 10.2. The molecule has 0 saturated heterocycles. The van der Waals surface area contributed by atoms with Crippen LogP contribution < -0.4 is 14.2 Å². The maximum atomic E-state index is 14.0. The third-order valence-corrected chi connectivity index (χ3v) is 8.74. The van der Waals surface area contributed by atoms with E-state index < -0.39 is 34.1 Å². The Balaban J connectivity index is 1.94. The summed E-state index contributed by atoms with van der Waals surface area (Å²) in [5, 5.41) is 1.45. The molecule has 0 fully saturated rings. The summed E-state index contributed by atoms with van der Waals surface area (Å²) in [5.74, 6) is -0.552. The first-order valence-electron chi connectivity index (χ1n) is 10.8. The largest absolute Gasteiger partial charge is 0.573 e. The van der Waals surface area contributed by atoms with Crippen LogP contribution in [0.15, 0.2) is 52.7 Å². The van der Waals surface area contributed by atoms with Gasteiger partial charge in [0, 0.05) is 18.2 Å². The van der Waals surface area contributed by atoms with Crippen LogP contribution >= 0.6 is 11.3 Å². The molecule has 1 unspecified atom stereocenters. The zero-order valence-corrected chi connectivity index (χ0v) is 21.5. The third-order valence-electron chi connectivity index (χ3n) is 5.81. The molecule has 2 aromatic carbocycles. The predicted molar refractivity (Wildman–Crippen MR) is 128 cm³/mol. The third kappa shape index (κ3) is 5.24. The van der Waals surface area contributed by atoms with Crippen LogP contribution in [0, 0.1) is 0 Å². The number of esters is 1. The molecule has 1 aliphatic rings. The monoisotopic (exact) mass is 557 g/mol. The van der Waals surface area contributed by atoms with Gasteiger partial charge < -0.3 is 18.9 Å². The van der Waals surface area contributed by atoms with E-state index >= 15 is 0 Å². The topological polar surface area (TPSA) is 91.4 Å². The number of hydrogen-bond donors (Lipinski definition) is 0. The maximum absolute atomic E-state index is 14.0. The highest BCUT2D eigenvalue weighted by molar-refractivity contribution is 7.89. The summed E-state index contributed by atoms with van der Waals surface area (Å²) in [4.78, 5) is 11.9. The SMILES string of the molecule is COC(=O)c1sccc1S(=O)(=O)N1CCc2cc(OC)cc(OC)c2C1c1cccc(OC(F)(F)F)c1. The average Bonchev–Trinajstić information content (AvgIpc) is 3.37. The van der Waals surface area contributed by atoms with Crippen molar-refractivity contribution in [3.8, 4) is 17.2 Å². The summed E-state index contributed by atoms with van der Waals surface area (Å²) >= 11 is 0.911. The minimum Gasteiger partial charge on any atom is -0.497 e. The number of carbonyl (C=O) groups is 1. The number of sulfonamides is 1. The highest BCUT2D eigenvalue weighted by Crippen LogP contribution is 2.46. The average molecular weight is 558 g/mol. The molecular formula is C24H22F3NO7S2. The Morgan fingerprint density at radius 1 is 1.05 bits per heavy atom. The fourth-order valence-electron chi connectivity index (χ4n) is 4.31. The lowest BCUT2D eigenvalue weighted by molar-refractivity contribution is -0.274. The highest BCUT2D eigenvalue weighted by atomic mass is 32.2. The van der Waals surface area contributed by atoms with Gasteiger partial charge >= 0.3 is 12.3 Å². The number of alkyl halides is 3. The number of ether oxygens (including phenoxy) is 4. The number of nitrogens with zero attached hydrogens (tertiary/aromatic N) is 1. The molecule has 2 heterocycles. The molecule has 198 valence electrons. The van der Waals surface area contributed by atoms with Crippen molar-refractivity contribution in [2.45, 2.75) is 23.7 Å². The van der Waals surface area contributed by atoms with Gasteiger partial charge in [-0.25, -0.2) is 13.2 Å². The molecule has 0 bridgehead atoms. The van der Waals surface area contributed by atoms with Crippen molar-refractivity contribution in [3.05, 3.63) is 69.4 Å². The second-order valence-electron chi connectivity index (χ2n) is 7.90. The Labute approximate surface area is 215 Å². The van der Waals surface area contributed by atoms with E-state index in [0.717, 1.165) is 34.9 Å². The van der Waals surface area contributed by atoms with Crippen LogP contribution in [0.25, 0.3) is 0 Å². The first kappa shape index (κ1) is 26.8. The molecule has 13 heteroatoms. The molecule has 4 rings (SSSR count). The number of carbonyl (C=O) groups excluding carboxylic acids is 1. The van der Waals surface area contributed by atoms with Gasteiger partial charge in [0.1, 0.15) is 27.0 Å². The Morgan fingerprint density at radius 2 is 1.81 bits per heavy atom. The van der Waals surface area contributed by atoms with Crippen LogP contribution in [0.2, 0.25) is 0 Å². The second-order valence-corrected chi connectivity index (χ2v) is 10.7. The number of benzene rings is 2. The number of thiophene rings is 1. The first-order chi connectivity index (χ1) is 17.5. The van der Waals surface area contributed by atoms with E-state index in [1.807, 2.05) is 0 Å². The normalized spacial score (nSPS) is 16.1. The summed E-state index contributed by atoms with van der Waals surface area (Å²) in [6, 6.07) is 8.61. The van der Waals surface area contributed by atoms with Crippen molar-refractivity contribution >= 4 is 27.3 Å². The van der Waals surface area contributed by atoms with E-state index in [1.54, 1.807) is 12.1 Å². The van der Waals surface area contributed by atoms with Gasteiger partial charge in [-0.2, -0.15) is 4.31 Å². The minimum atomic E-state index is -4.94. The predicted octanol–water partition coefficient (Wildman–Crippen LogP) is 4.79. The van der Waals surface area contributed by atoms with Gasteiger partial charge in [0.05, 0.1) is 27.4 Å². The Bertz CT molecular complexity index is 1400. The quantitative estimate of drug-likeness (QED) is 0.386. The number of halogens is 3. The molecule has 1 aromatic heterocycles. The van der Waals surface area contributed by atoms with Gasteiger partial charge in [-0.05, 0) is 47.2 Å². The summed E-state index contributed by atoms with van der Waals surface area (Å²) in [5.41, 5.74) is 1.36. The van der Waals surface area contributed by atoms with Gasteiger partial charge in [0.25, 0.3) is 0 Å². The molecule has 37 heavy (non-hydrogen) atoms. The molecule has 8 nitrogen and oxygen atoms in total. The zero-order valence-electron chi connectivity index (χ0n) is 19.9. The molecule has 1 atom stereocenters. The van der Waals surface area contributed by atoms with Crippen molar-refractivity contribution in [1.82, 2.24) is 4.31 Å². The molecule has 0 spiro atoms. The van der Waals surface area contributed by atoms with E-state index in [4.69, 9.17) is 14.2 Å². The first-order valence-corrected chi connectivity index (χ1v) is 13.1. The lowest BCUT2D eigenvalue weighted by atomic mass is 9.88. The zero-order chi connectivity index (χ0) is 27.0. The molecule has 0 N–H and O–H groups in total. The highest BCUT2D eigenvalue weighted by Gasteiger charge is 2.42. The molecule has 3 aromatic rings. The maximum Gasteiger partial charge on any atom is 0.573 e. The van der Waals surface area contributed by atoms with Crippen LogP contribution in [0.5, 0.6) is 17.2 Å². The van der Waals surface area contributed by atoms with Crippen molar-refractivity contribution in [1.29, 1.82) is 0 Å². The fourth-order valence-corrected chi connectivity index (χ4v) is 7.20. The Morgan fingerprint density at radius 3 is 2.46 bits per heavy atom. The van der Waals surface area contributed by atoms with E-state index in [1.165, 1.54) is 37.8 Å². The van der Waals surface area contributed by atoms with Gasteiger partial charge in [-0.3, -0.25) is 0 Å². The van der Waals surface area contributed by atoms with Crippen LogP contribution in [0.3, 0.4) is 0 Å². The van der Waals surface area contributed by atoms with Gasteiger partial charge in [-0.15, -0.1) is 24.5 Å². The molecule has 0 radical (unpaired) electrons. The van der Waals surface area contributed by atoms with E-state index in [9.17, 15) is 26.4 Å². The summed E-state index contributed by atoms with van der Waals surface area (Å²) in [6.07, 6.45) is -4.68. The smallest absolute Gasteiger partial charge is 0.497 e. The van der Waals surface area contributed by atoms with Crippen LogP contribution in [0.4, 0.5) is 13.2 Å². The fraction of sp³-hybridized carbons (Fsp3) is 0.292. The number of hydrogen-bond acceptors (Lipinski definition) is 8. The summed E-state index contributed by atoms with van der Waals surface area (Å²) in [7, 11) is -0.325. The standard InChI is InChI=1S/C24H22F3NO7S2/c1-32-17-11-14-7-9-28(37(30,31)19-8-10-36-22(19)23(29)34-3)21(20(14)18(13-17)33-2)15-5-4-6-16(12-15)35-24(25,26)27/h4-6,8,10-13,21H,7,9H2,1-3H3. The number of fused-ring (bicyclic) bond motifs is 1. The van der Waals surface area contributed by atoms with Crippen molar-refractivity contribution < 1.29 is 45.3 Å². The van der Waals surface area contributed by atoms with Crippen molar-refractivity contribution in [2.75, 3.05) is 27.9 Å². The van der Waals surface area contributed by atoms with E-state index in [2.05, 4.69) is 4.74 Å². The van der Waals surface area contributed by atoms with Gasteiger partial charge in [0.2, 0.25) is 10.0 Å². The van der Waals surface area contributed by atoms with Crippen molar-refractivity contribution in [3.63, 3.8) is 0 Å². The van der Waals surface area contributed by atoms with Crippen LogP contribution in [-0.4, -0.2) is 52.9 Å². The summed E-state index contributed by atoms with van der Waals surface area (Å²) in [6.45, 7) is -0.0306.